The molecule has 3 nitrogen and oxygen atoms in total. The van der Waals surface area contributed by atoms with Gasteiger partial charge in [-0.2, -0.15) is 0 Å². The SMILES string of the molecule is CCC(C)(CCNC(=O)c1cccs1)c1ccccc1OC. The summed E-state index contributed by atoms with van der Waals surface area (Å²) in [5, 5.41) is 4.93. The molecule has 1 atom stereocenters. The zero-order valence-electron chi connectivity index (χ0n) is 13.4. The molecular weight excluding hydrogens is 294 g/mol. The van der Waals surface area contributed by atoms with Gasteiger partial charge < -0.3 is 10.1 Å². The Hall–Kier alpha value is -1.81. The summed E-state index contributed by atoms with van der Waals surface area (Å²) in [6, 6.07) is 11.9. The molecule has 0 aliphatic heterocycles. The third-order valence-electron chi connectivity index (χ3n) is 4.24. The van der Waals surface area contributed by atoms with Gasteiger partial charge in [-0.05, 0) is 35.8 Å². The van der Waals surface area contributed by atoms with Crippen molar-refractivity contribution in [3.8, 4) is 5.75 Å². The maximum atomic E-state index is 12.0. The second kappa shape index (κ2) is 7.45. The fourth-order valence-electron chi connectivity index (χ4n) is 2.59. The second-order valence-electron chi connectivity index (χ2n) is 5.60. The molecule has 1 aromatic heterocycles. The third kappa shape index (κ3) is 3.69. The lowest BCUT2D eigenvalue weighted by molar-refractivity contribution is 0.0954. The highest BCUT2D eigenvalue weighted by Gasteiger charge is 2.27. The Kier molecular flexibility index (Phi) is 5.61. The Morgan fingerprint density at radius 3 is 2.68 bits per heavy atom. The van der Waals surface area contributed by atoms with Crippen molar-refractivity contribution in [2.24, 2.45) is 0 Å². The van der Waals surface area contributed by atoms with Crippen LogP contribution in [0.4, 0.5) is 0 Å². The maximum absolute atomic E-state index is 12.0. The summed E-state index contributed by atoms with van der Waals surface area (Å²) in [6.07, 6.45) is 1.86. The van der Waals surface area contributed by atoms with Crippen molar-refractivity contribution in [1.82, 2.24) is 5.32 Å². The van der Waals surface area contributed by atoms with Gasteiger partial charge in [-0.1, -0.05) is 38.1 Å². The summed E-state index contributed by atoms with van der Waals surface area (Å²) < 4.78 is 5.49. The highest BCUT2D eigenvalue weighted by Crippen LogP contribution is 2.36. The van der Waals surface area contributed by atoms with Crippen molar-refractivity contribution in [2.75, 3.05) is 13.7 Å². The fraction of sp³-hybridized carbons (Fsp3) is 0.389. The molecule has 1 aromatic carbocycles. The third-order valence-corrected chi connectivity index (χ3v) is 5.11. The Morgan fingerprint density at radius 2 is 2.05 bits per heavy atom. The van der Waals surface area contributed by atoms with Crippen molar-refractivity contribution in [3.05, 3.63) is 52.2 Å². The van der Waals surface area contributed by atoms with E-state index < -0.39 is 0 Å². The normalized spacial score (nSPS) is 13.4. The number of methoxy groups -OCH3 is 1. The smallest absolute Gasteiger partial charge is 0.261 e. The average Bonchev–Trinajstić information content (AvgIpc) is 3.09. The van der Waals surface area contributed by atoms with Gasteiger partial charge >= 0.3 is 0 Å². The molecule has 1 heterocycles. The van der Waals surface area contributed by atoms with Crippen molar-refractivity contribution in [3.63, 3.8) is 0 Å². The van der Waals surface area contributed by atoms with E-state index in [1.165, 1.54) is 16.9 Å². The lowest BCUT2D eigenvalue weighted by atomic mass is 9.77. The van der Waals surface area contributed by atoms with Crippen LogP contribution in [0.2, 0.25) is 0 Å². The molecule has 0 aliphatic rings. The minimum Gasteiger partial charge on any atom is -0.496 e. The van der Waals surface area contributed by atoms with Crippen molar-refractivity contribution in [2.45, 2.75) is 32.1 Å². The molecule has 1 unspecified atom stereocenters. The van der Waals surface area contributed by atoms with E-state index in [0.717, 1.165) is 23.5 Å². The molecule has 0 spiro atoms. The highest BCUT2D eigenvalue weighted by atomic mass is 32.1. The van der Waals surface area contributed by atoms with Gasteiger partial charge in [-0.15, -0.1) is 11.3 Å². The van der Waals surface area contributed by atoms with E-state index in [0.29, 0.717) is 6.54 Å². The van der Waals surface area contributed by atoms with Crippen LogP contribution in [0, 0.1) is 0 Å². The summed E-state index contributed by atoms with van der Waals surface area (Å²) in [7, 11) is 1.70. The van der Waals surface area contributed by atoms with Gasteiger partial charge in [-0.3, -0.25) is 4.79 Å². The first-order valence-electron chi connectivity index (χ1n) is 7.56. The quantitative estimate of drug-likeness (QED) is 0.829. The summed E-state index contributed by atoms with van der Waals surface area (Å²) in [6.45, 7) is 5.05. The van der Waals surface area contributed by atoms with E-state index in [1.807, 2.05) is 35.7 Å². The van der Waals surface area contributed by atoms with Crippen molar-refractivity contribution < 1.29 is 9.53 Å². The van der Waals surface area contributed by atoms with E-state index in [-0.39, 0.29) is 11.3 Å². The molecule has 0 fully saturated rings. The first-order chi connectivity index (χ1) is 10.6. The second-order valence-corrected chi connectivity index (χ2v) is 6.55. The standard InChI is InChI=1S/C18H23NO2S/c1-4-18(2,14-8-5-6-9-15(14)21-3)11-12-19-17(20)16-10-7-13-22-16/h5-10,13H,4,11-12H2,1-3H3,(H,19,20). The summed E-state index contributed by atoms with van der Waals surface area (Å²) in [5.74, 6) is 0.921. The van der Waals surface area contributed by atoms with Crippen LogP contribution < -0.4 is 10.1 Å². The van der Waals surface area contributed by atoms with Crippen molar-refractivity contribution in [1.29, 1.82) is 0 Å². The van der Waals surface area contributed by atoms with E-state index in [1.54, 1.807) is 7.11 Å². The molecule has 0 saturated heterocycles. The first-order valence-corrected chi connectivity index (χ1v) is 8.44. The first kappa shape index (κ1) is 16.6. The number of nitrogens with one attached hydrogen (secondary N) is 1. The number of carbonyl (C=O) groups excluding carboxylic acids is 1. The number of hydrogen-bond donors (Lipinski definition) is 1. The topological polar surface area (TPSA) is 38.3 Å². The number of amides is 1. The van der Waals surface area contributed by atoms with E-state index in [9.17, 15) is 4.79 Å². The Labute approximate surface area is 136 Å². The molecule has 22 heavy (non-hydrogen) atoms. The number of thiophene rings is 1. The summed E-state index contributed by atoms with van der Waals surface area (Å²) in [4.78, 5) is 12.8. The van der Waals surface area contributed by atoms with E-state index in [4.69, 9.17) is 4.74 Å². The molecule has 2 aromatic rings. The minimum absolute atomic E-state index is 0.00785. The molecular formula is C18H23NO2S. The van der Waals surface area contributed by atoms with E-state index in [2.05, 4.69) is 25.2 Å². The Balaban J connectivity index is 2.03. The predicted molar refractivity (Wildman–Crippen MR) is 91.9 cm³/mol. The summed E-state index contributed by atoms with van der Waals surface area (Å²) >= 11 is 1.47. The Bertz CT molecular complexity index is 609. The molecule has 0 radical (unpaired) electrons. The molecule has 0 saturated carbocycles. The van der Waals surface area contributed by atoms with Crippen LogP contribution in [0.25, 0.3) is 0 Å². The maximum Gasteiger partial charge on any atom is 0.261 e. The number of rotatable bonds is 7. The van der Waals surface area contributed by atoms with Gasteiger partial charge in [0.2, 0.25) is 0 Å². The fourth-order valence-corrected chi connectivity index (χ4v) is 3.23. The molecule has 1 amide bonds. The molecule has 0 bridgehead atoms. The minimum atomic E-state index is -0.0185. The number of hydrogen-bond acceptors (Lipinski definition) is 3. The van der Waals surface area contributed by atoms with Gasteiger partial charge in [-0.25, -0.2) is 0 Å². The number of ether oxygens (including phenoxy) is 1. The zero-order valence-corrected chi connectivity index (χ0v) is 14.2. The number of benzene rings is 1. The van der Waals surface area contributed by atoms with Crippen LogP contribution in [-0.2, 0) is 5.41 Å². The molecule has 118 valence electrons. The monoisotopic (exact) mass is 317 g/mol. The van der Waals surface area contributed by atoms with Crippen molar-refractivity contribution >= 4 is 17.2 Å². The lowest BCUT2D eigenvalue weighted by Gasteiger charge is -2.30. The van der Waals surface area contributed by atoms with Crippen LogP contribution in [0.1, 0.15) is 41.9 Å². The molecule has 0 aliphatic carbocycles. The van der Waals surface area contributed by atoms with Crippen LogP contribution >= 0.6 is 11.3 Å². The van der Waals surface area contributed by atoms with E-state index >= 15 is 0 Å². The molecule has 4 heteroatoms. The van der Waals surface area contributed by atoms with Crippen LogP contribution in [-0.4, -0.2) is 19.6 Å². The van der Waals surface area contributed by atoms with Crippen LogP contribution in [0.15, 0.2) is 41.8 Å². The van der Waals surface area contributed by atoms with Crippen LogP contribution in [0.5, 0.6) is 5.75 Å². The van der Waals surface area contributed by atoms with Gasteiger partial charge in [0.1, 0.15) is 5.75 Å². The van der Waals surface area contributed by atoms with Gasteiger partial charge in [0, 0.05) is 12.1 Å². The molecule has 2 rings (SSSR count). The Morgan fingerprint density at radius 1 is 1.27 bits per heavy atom. The predicted octanol–water partition coefficient (Wildman–Crippen LogP) is 4.24. The highest BCUT2D eigenvalue weighted by molar-refractivity contribution is 7.12. The van der Waals surface area contributed by atoms with Gasteiger partial charge in [0.25, 0.3) is 5.91 Å². The average molecular weight is 317 g/mol. The summed E-state index contributed by atoms with van der Waals surface area (Å²) in [5.41, 5.74) is 1.18. The van der Waals surface area contributed by atoms with Crippen LogP contribution in [0.3, 0.4) is 0 Å². The van der Waals surface area contributed by atoms with Gasteiger partial charge in [0.15, 0.2) is 0 Å². The largest absolute Gasteiger partial charge is 0.496 e. The lowest BCUT2D eigenvalue weighted by Crippen LogP contribution is -2.31. The number of para-hydroxylation sites is 1. The van der Waals surface area contributed by atoms with Gasteiger partial charge in [0.05, 0.1) is 12.0 Å². The number of carbonyl (C=O) groups is 1. The zero-order chi connectivity index (χ0) is 16.0. The molecule has 1 N–H and O–H groups in total.